The largest absolute Gasteiger partial charge is 0.452 e. The van der Waals surface area contributed by atoms with Crippen molar-refractivity contribution in [2.45, 2.75) is 20.8 Å². The second-order valence-electron chi connectivity index (χ2n) is 8.28. The highest BCUT2D eigenvalue weighted by Crippen LogP contribution is 2.29. The maximum Gasteiger partial charge on any atom is 0.338 e. The fraction of sp³-hybridized carbons (Fsp3) is 0.143. The van der Waals surface area contributed by atoms with E-state index >= 15 is 0 Å². The summed E-state index contributed by atoms with van der Waals surface area (Å²) in [6.45, 7) is 5.68. The topological polar surface area (TPSA) is 90.3 Å². The van der Waals surface area contributed by atoms with E-state index in [2.05, 4.69) is 31.3 Å². The van der Waals surface area contributed by atoms with Crippen LogP contribution < -0.4 is 5.32 Å². The van der Waals surface area contributed by atoms with E-state index in [-0.39, 0.29) is 5.56 Å². The first-order chi connectivity index (χ1) is 16.9. The SMILES string of the molecule is Cc1cc(C)c(-c2cc(NC(=O)COC(=O)c3ccc(C=O)cc3)n(-c3ccccc3)n2)cc1C. The molecule has 3 aromatic carbocycles. The molecule has 7 nitrogen and oxygen atoms in total. The third-order valence-corrected chi connectivity index (χ3v) is 5.71. The van der Waals surface area contributed by atoms with Gasteiger partial charge in [-0.05, 0) is 67.8 Å². The van der Waals surface area contributed by atoms with Crippen LogP contribution in [0.1, 0.15) is 37.4 Å². The zero-order valence-corrected chi connectivity index (χ0v) is 19.7. The van der Waals surface area contributed by atoms with Crippen LogP contribution in [0.3, 0.4) is 0 Å². The minimum absolute atomic E-state index is 0.255. The van der Waals surface area contributed by atoms with Crippen molar-refractivity contribution < 1.29 is 19.1 Å². The first-order valence-electron chi connectivity index (χ1n) is 11.1. The van der Waals surface area contributed by atoms with E-state index in [4.69, 9.17) is 9.84 Å². The number of carbonyl (C=O) groups is 3. The Labute approximate surface area is 203 Å². The van der Waals surface area contributed by atoms with Crippen molar-refractivity contribution in [2.24, 2.45) is 0 Å². The molecule has 0 aliphatic carbocycles. The Morgan fingerprint density at radius 3 is 2.29 bits per heavy atom. The Kier molecular flexibility index (Phi) is 6.87. The van der Waals surface area contributed by atoms with E-state index in [0.717, 1.165) is 28.1 Å². The maximum atomic E-state index is 12.7. The van der Waals surface area contributed by atoms with Crippen LogP contribution >= 0.6 is 0 Å². The third-order valence-electron chi connectivity index (χ3n) is 5.71. The predicted molar refractivity (Wildman–Crippen MR) is 134 cm³/mol. The molecule has 0 aliphatic heterocycles. The van der Waals surface area contributed by atoms with E-state index in [1.54, 1.807) is 4.68 Å². The smallest absolute Gasteiger partial charge is 0.338 e. The van der Waals surface area contributed by atoms with Crippen LogP contribution in [0.15, 0.2) is 72.8 Å². The van der Waals surface area contributed by atoms with Gasteiger partial charge in [0.25, 0.3) is 5.91 Å². The summed E-state index contributed by atoms with van der Waals surface area (Å²) in [7, 11) is 0. The molecule has 0 fully saturated rings. The summed E-state index contributed by atoms with van der Waals surface area (Å²) < 4.78 is 6.81. The van der Waals surface area contributed by atoms with E-state index in [0.29, 0.717) is 17.7 Å². The van der Waals surface area contributed by atoms with Crippen LogP contribution in [0.5, 0.6) is 0 Å². The third kappa shape index (κ3) is 5.35. The molecule has 4 rings (SSSR count). The lowest BCUT2D eigenvalue weighted by atomic mass is 9.99. The molecule has 35 heavy (non-hydrogen) atoms. The van der Waals surface area contributed by atoms with Crippen molar-refractivity contribution in [3.8, 4) is 16.9 Å². The van der Waals surface area contributed by atoms with Gasteiger partial charge in [-0.25, -0.2) is 9.48 Å². The molecule has 1 N–H and O–H groups in total. The van der Waals surface area contributed by atoms with Gasteiger partial charge in [0, 0.05) is 17.2 Å². The lowest BCUT2D eigenvalue weighted by Gasteiger charge is -2.09. The number of esters is 1. The van der Waals surface area contributed by atoms with Crippen LogP contribution in [0.25, 0.3) is 16.9 Å². The highest BCUT2D eigenvalue weighted by atomic mass is 16.5. The summed E-state index contributed by atoms with van der Waals surface area (Å²) in [6.07, 6.45) is 0.687. The monoisotopic (exact) mass is 467 g/mol. The molecule has 7 heteroatoms. The van der Waals surface area contributed by atoms with Gasteiger partial charge < -0.3 is 10.1 Å². The van der Waals surface area contributed by atoms with Crippen LogP contribution in [0.2, 0.25) is 0 Å². The highest BCUT2D eigenvalue weighted by molar-refractivity contribution is 5.96. The number of aromatic nitrogens is 2. The van der Waals surface area contributed by atoms with Crippen molar-refractivity contribution in [1.29, 1.82) is 0 Å². The van der Waals surface area contributed by atoms with Gasteiger partial charge in [0.1, 0.15) is 12.1 Å². The number of nitrogens with one attached hydrogen (secondary N) is 1. The number of ether oxygens (including phenoxy) is 1. The van der Waals surface area contributed by atoms with Crippen molar-refractivity contribution in [3.05, 3.63) is 101 Å². The summed E-state index contributed by atoms with van der Waals surface area (Å²) in [5, 5.41) is 7.57. The highest BCUT2D eigenvalue weighted by Gasteiger charge is 2.17. The van der Waals surface area contributed by atoms with Crippen molar-refractivity contribution >= 4 is 24.0 Å². The molecular formula is C28H25N3O4. The number of carbonyl (C=O) groups excluding carboxylic acids is 3. The van der Waals surface area contributed by atoms with Gasteiger partial charge >= 0.3 is 5.97 Å². The van der Waals surface area contributed by atoms with E-state index in [1.165, 1.54) is 29.8 Å². The van der Waals surface area contributed by atoms with Crippen molar-refractivity contribution in [3.63, 3.8) is 0 Å². The number of hydrogen-bond donors (Lipinski definition) is 1. The number of anilines is 1. The Morgan fingerprint density at radius 1 is 0.914 bits per heavy atom. The fourth-order valence-electron chi connectivity index (χ4n) is 3.70. The second kappa shape index (κ2) is 10.2. The minimum Gasteiger partial charge on any atom is -0.452 e. The average Bonchev–Trinajstić information content (AvgIpc) is 3.28. The molecule has 0 radical (unpaired) electrons. The molecule has 1 heterocycles. The van der Waals surface area contributed by atoms with Crippen LogP contribution in [0, 0.1) is 20.8 Å². The van der Waals surface area contributed by atoms with Gasteiger partial charge in [-0.2, -0.15) is 5.10 Å². The van der Waals surface area contributed by atoms with E-state index < -0.39 is 18.5 Å². The Hall–Kier alpha value is -4.52. The zero-order valence-electron chi connectivity index (χ0n) is 19.7. The standard InChI is InChI=1S/C28H25N3O4/c1-18-13-20(3)24(14-19(18)2)25-15-26(31(30-25)23-7-5-4-6-8-23)29-27(33)17-35-28(34)22-11-9-21(16-32)10-12-22/h4-16H,17H2,1-3H3,(H,29,33). The number of nitrogens with zero attached hydrogens (tertiary/aromatic N) is 2. The summed E-state index contributed by atoms with van der Waals surface area (Å²) >= 11 is 0. The molecule has 4 aromatic rings. The first-order valence-corrected chi connectivity index (χ1v) is 11.1. The summed E-state index contributed by atoms with van der Waals surface area (Å²) in [4.78, 5) is 35.7. The van der Waals surface area contributed by atoms with Gasteiger partial charge in [-0.1, -0.05) is 36.4 Å². The Morgan fingerprint density at radius 2 is 1.60 bits per heavy atom. The first kappa shape index (κ1) is 23.6. The normalized spacial score (nSPS) is 10.6. The molecule has 1 amide bonds. The van der Waals surface area contributed by atoms with Crippen LogP contribution in [-0.4, -0.2) is 34.6 Å². The van der Waals surface area contributed by atoms with Gasteiger partial charge in [0.05, 0.1) is 16.9 Å². The van der Waals surface area contributed by atoms with Gasteiger partial charge in [0.2, 0.25) is 0 Å². The lowest BCUT2D eigenvalue weighted by Crippen LogP contribution is -2.22. The molecule has 0 saturated carbocycles. The average molecular weight is 468 g/mol. The van der Waals surface area contributed by atoms with Crippen molar-refractivity contribution in [1.82, 2.24) is 9.78 Å². The quantitative estimate of drug-likeness (QED) is 0.303. The van der Waals surface area contributed by atoms with Gasteiger partial charge in [0.15, 0.2) is 6.61 Å². The van der Waals surface area contributed by atoms with Gasteiger partial charge in [-0.15, -0.1) is 0 Å². The molecule has 0 unspecified atom stereocenters. The summed E-state index contributed by atoms with van der Waals surface area (Å²) in [5.41, 5.74) is 6.61. The molecular weight excluding hydrogens is 442 g/mol. The Bertz CT molecular complexity index is 1390. The molecule has 0 atom stereocenters. The number of rotatable bonds is 7. The van der Waals surface area contributed by atoms with Crippen LogP contribution in [-0.2, 0) is 9.53 Å². The zero-order chi connectivity index (χ0) is 24.9. The van der Waals surface area contributed by atoms with Crippen molar-refractivity contribution in [2.75, 3.05) is 11.9 Å². The Balaban J connectivity index is 1.56. The predicted octanol–water partition coefficient (Wildman–Crippen LogP) is 5.07. The number of hydrogen-bond acceptors (Lipinski definition) is 5. The molecule has 1 aromatic heterocycles. The molecule has 176 valence electrons. The molecule has 0 aliphatic rings. The fourth-order valence-corrected chi connectivity index (χ4v) is 3.70. The summed E-state index contributed by atoms with van der Waals surface area (Å²) in [6, 6.07) is 21.5. The number of amides is 1. The van der Waals surface area contributed by atoms with E-state index in [9.17, 15) is 14.4 Å². The maximum absolute atomic E-state index is 12.7. The molecule has 0 bridgehead atoms. The number of para-hydroxylation sites is 1. The van der Waals surface area contributed by atoms with E-state index in [1.807, 2.05) is 43.3 Å². The number of aldehydes is 1. The second-order valence-corrected chi connectivity index (χ2v) is 8.28. The number of aryl methyl sites for hydroxylation is 3. The number of benzene rings is 3. The molecule has 0 saturated heterocycles. The van der Waals surface area contributed by atoms with Crippen LogP contribution in [0.4, 0.5) is 5.82 Å². The molecule has 0 spiro atoms. The minimum atomic E-state index is -0.652. The lowest BCUT2D eigenvalue weighted by molar-refractivity contribution is -0.119. The van der Waals surface area contributed by atoms with Gasteiger partial charge in [-0.3, -0.25) is 9.59 Å². The summed E-state index contributed by atoms with van der Waals surface area (Å²) in [5.74, 6) is -0.691.